The number of carbonyl (C=O) groups excluding carboxylic acids is 1. The quantitative estimate of drug-likeness (QED) is 0.846. The molecule has 0 fully saturated rings. The van der Waals surface area contributed by atoms with Gasteiger partial charge in [0.1, 0.15) is 0 Å². The van der Waals surface area contributed by atoms with Crippen LogP contribution in [0.1, 0.15) is 42.6 Å². The van der Waals surface area contributed by atoms with Crippen LogP contribution in [0.2, 0.25) is 0 Å². The van der Waals surface area contributed by atoms with Crippen molar-refractivity contribution in [3.05, 3.63) is 29.3 Å². The molecule has 0 saturated carbocycles. The molecule has 1 aliphatic rings. The van der Waals surface area contributed by atoms with Gasteiger partial charge in [0.05, 0.1) is 0 Å². The van der Waals surface area contributed by atoms with Crippen LogP contribution in [0.15, 0.2) is 18.2 Å². The van der Waals surface area contributed by atoms with E-state index >= 15 is 0 Å². The maximum atomic E-state index is 12.2. The van der Waals surface area contributed by atoms with Gasteiger partial charge in [0.15, 0.2) is 0 Å². The van der Waals surface area contributed by atoms with Crippen LogP contribution in [0.4, 0.5) is 5.69 Å². The molecule has 4 heteroatoms. The SMILES string of the molecule is CCC(C)N(C)CCNC(=O)c1ccc2c(c1)CCCN2. The van der Waals surface area contributed by atoms with Crippen LogP contribution < -0.4 is 10.6 Å². The minimum Gasteiger partial charge on any atom is -0.385 e. The highest BCUT2D eigenvalue weighted by Gasteiger charge is 2.13. The van der Waals surface area contributed by atoms with Crippen molar-refractivity contribution in [3.8, 4) is 0 Å². The molecule has 0 aromatic heterocycles. The maximum Gasteiger partial charge on any atom is 0.251 e. The third kappa shape index (κ3) is 4.21. The Kier molecular flexibility index (Phi) is 5.62. The van der Waals surface area contributed by atoms with Gasteiger partial charge in [0, 0.05) is 36.9 Å². The molecule has 21 heavy (non-hydrogen) atoms. The first kappa shape index (κ1) is 15.8. The molecule has 0 spiro atoms. The average molecular weight is 289 g/mol. The summed E-state index contributed by atoms with van der Waals surface area (Å²) < 4.78 is 0. The number of fused-ring (bicyclic) bond motifs is 1. The van der Waals surface area contributed by atoms with Crippen molar-refractivity contribution >= 4 is 11.6 Å². The summed E-state index contributed by atoms with van der Waals surface area (Å²) in [6.07, 6.45) is 3.32. The van der Waals surface area contributed by atoms with Crippen LogP contribution in [0.5, 0.6) is 0 Å². The van der Waals surface area contributed by atoms with E-state index in [1.54, 1.807) is 0 Å². The number of nitrogens with zero attached hydrogens (tertiary/aromatic N) is 1. The van der Waals surface area contributed by atoms with Crippen molar-refractivity contribution in [2.24, 2.45) is 0 Å². The lowest BCUT2D eigenvalue weighted by Gasteiger charge is -2.23. The Labute approximate surface area is 127 Å². The molecule has 1 aromatic rings. The summed E-state index contributed by atoms with van der Waals surface area (Å²) in [6, 6.07) is 6.51. The van der Waals surface area contributed by atoms with Crippen LogP contribution in [0.3, 0.4) is 0 Å². The summed E-state index contributed by atoms with van der Waals surface area (Å²) in [5.41, 5.74) is 3.20. The molecule has 0 saturated heterocycles. The molecule has 0 bridgehead atoms. The highest BCUT2D eigenvalue weighted by molar-refractivity contribution is 5.94. The van der Waals surface area contributed by atoms with Gasteiger partial charge in [-0.2, -0.15) is 0 Å². The molecule has 2 rings (SSSR count). The van der Waals surface area contributed by atoms with Gasteiger partial charge >= 0.3 is 0 Å². The van der Waals surface area contributed by atoms with Crippen molar-refractivity contribution in [2.75, 3.05) is 32.0 Å². The summed E-state index contributed by atoms with van der Waals surface area (Å²) in [4.78, 5) is 14.5. The standard InChI is InChI=1S/C17H27N3O/c1-4-13(2)20(3)11-10-19-17(21)15-7-8-16-14(12-15)6-5-9-18-16/h7-8,12-13,18H,4-6,9-11H2,1-3H3,(H,19,21). The van der Waals surface area contributed by atoms with Crippen LogP contribution in [0.25, 0.3) is 0 Å². The largest absolute Gasteiger partial charge is 0.385 e. The minimum atomic E-state index is 0.0286. The molecular weight excluding hydrogens is 262 g/mol. The van der Waals surface area contributed by atoms with Gasteiger partial charge in [-0.25, -0.2) is 0 Å². The third-order valence-corrected chi connectivity index (χ3v) is 4.40. The molecule has 1 atom stereocenters. The van der Waals surface area contributed by atoms with Gasteiger partial charge in [-0.3, -0.25) is 4.79 Å². The fourth-order valence-corrected chi connectivity index (χ4v) is 2.60. The zero-order valence-electron chi connectivity index (χ0n) is 13.4. The summed E-state index contributed by atoms with van der Waals surface area (Å²) >= 11 is 0. The van der Waals surface area contributed by atoms with E-state index in [1.807, 2.05) is 18.2 Å². The molecule has 0 radical (unpaired) electrons. The first-order valence-corrected chi connectivity index (χ1v) is 7.97. The topological polar surface area (TPSA) is 44.4 Å². The highest BCUT2D eigenvalue weighted by Crippen LogP contribution is 2.22. The van der Waals surface area contributed by atoms with E-state index in [-0.39, 0.29) is 5.91 Å². The Bertz CT molecular complexity index is 487. The molecule has 0 aliphatic carbocycles. The Morgan fingerprint density at radius 1 is 1.48 bits per heavy atom. The second kappa shape index (κ2) is 7.46. The van der Waals surface area contributed by atoms with Gasteiger partial charge in [0.2, 0.25) is 0 Å². The lowest BCUT2D eigenvalue weighted by Crippen LogP contribution is -2.37. The first-order valence-electron chi connectivity index (χ1n) is 7.97. The predicted molar refractivity (Wildman–Crippen MR) is 88.0 cm³/mol. The lowest BCUT2D eigenvalue weighted by molar-refractivity contribution is 0.0947. The fourth-order valence-electron chi connectivity index (χ4n) is 2.60. The summed E-state index contributed by atoms with van der Waals surface area (Å²) in [6.45, 7) is 6.99. The van der Waals surface area contributed by atoms with E-state index in [0.717, 1.165) is 37.9 Å². The number of likely N-dealkylation sites (N-methyl/N-ethyl adjacent to an activating group) is 1. The van der Waals surface area contributed by atoms with Gasteiger partial charge in [-0.1, -0.05) is 6.92 Å². The van der Waals surface area contributed by atoms with E-state index in [9.17, 15) is 4.79 Å². The number of benzene rings is 1. The Morgan fingerprint density at radius 2 is 2.29 bits per heavy atom. The summed E-state index contributed by atoms with van der Waals surface area (Å²) in [7, 11) is 2.10. The minimum absolute atomic E-state index is 0.0286. The molecule has 1 heterocycles. The van der Waals surface area contributed by atoms with Crippen molar-refractivity contribution < 1.29 is 4.79 Å². The number of carbonyl (C=O) groups is 1. The van der Waals surface area contributed by atoms with Crippen LogP contribution in [-0.4, -0.2) is 43.5 Å². The smallest absolute Gasteiger partial charge is 0.251 e. The van der Waals surface area contributed by atoms with Crippen LogP contribution in [0, 0.1) is 0 Å². The Hall–Kier alpha value is -1.55. The maximum absolute atomic E-state index is 12.2. The molecule has 1 amide bonds. The van der Waals surface area contributed by atoms with Gasteiger partial charge in [-0.15, -0.1) is 0 Å². The molecule has 116 valence electrons. The second-order valence-electron chi connectivity index (χ2n) is 5.90. The molecule has 1 unspecified atom stereocenters. The highest BCUT2D eigenvalue weighted by atomic mass is 16.1. The van der Waals surface area contributed by atoms with Gasteiger partial charge < -0.3 is 15.5 Å². The number of rotatable bonds is 6. The van der Waals surface area contributed by atoms with Gasteiger partial charge in [0.25, 0.3) is 5.91 Å². The molecule has 4 nitrogen and oxygen atoms in total. The summed E-state index contributed by atoms with van der Waals surface area (Å²) in [5.74, 6) is 0.0286. The fraction of sp³-hybridized carbons (Fsp3) is 0.588. The third-order valence-electron chi connectivity index (χ3n) is 4.40. The van der Waals surface area contributed by atoms with E-state index < -0.39 is 0 Å². The number of amides is 1. The van der Waals surface area contributed by atoms with Crippen molar-refractivity contribution in [2.45, 2.75) is 39.2 Å². The van der Waals surface area contributed by atoms with Crippen LogP contribution >= 0.6 is 0 Å². The first-order chi connectivity index (χ1) is 10.1. The number of hydrogen-bond acceptors (Lipinski definition) is 3. The molecule has 2 N–H and O–H groups in total. The Morgan fingerprint density at radius 3 is 3.05 bits per heavy atom. The van der Waals surface area contributed by atoms with E-state index in [1.165, 1.54) is 11.3 Å². The monoisotopic (exact) mass is 289 g/mol. The lowest BCUT2D eigenvalue weighted by atomic mass is 10.0. The summed E-state index contributed by atoms with van der Waals surface area (Å²) in [5, 5.41) is 6.38. The van der Waals surface area contributed by atoms with E-state index in [0.29, 0.717) is 12.6 Å². The zero-order valence-corrected chi connectivity index (χ0v) is 13.4. The normalized spacial score (nSPS) is 15.2. The van der Waals surface area contributed by atoms with Gasteiger partial charge in [-0.05, 0) is 57.0 Å². The second-order valence-corrected chi connectivity index (χ2v) is 5.90. The predicted octanol–water partition coefficient (Wildman–Crippen LogP) is 2.50. The number of nitrogens with one attached hydrogen (secondary N) is 2. The zero-order chi connectivity index (χ0) is 15.2. The van der Waals surface area contributed by atoms with Crippen molar-refractivity contribution in [3.63, 3.8) is 0 Å². The molecule has 1 aliphatic heterocycles. The number of anilines is 1. The molecule has 1 aromatic carbocycles. The van der Waals surface area contributed by atoms with Crippen LogP contribution in [-0.2, 0) is 6.42 Å². The van der Waals surface area contributed by atoms with Crippen molar-refractivity contribution in [1.29, 1.82) is 0 Å². The number of aryl methyl sites for hydroxylation is 1. The number of hydrogen-bond donors (Lipinski definition) is 2. The van der Waals surface area contributed by atoms with Crippen molar-refractivity contribution in [1.82, 2.24) is 10.2 Å². The average Bonchev–Trinajstić information content (AvgIpc) is 2.53. The Balaban J connectivity index is 1.86. The molecular formula is C17H27N3O. The van der Waals surface area contributed by atoms with E-state index in [4.69, 9.17) is 0 Å². The van der Waals surface area contributed by atoms with E-state index in [2.05, 4.69) is 36.4 Å².